The lowest BCUT2D eigenvalue weighted by Gasteiger charge is -2.31. The lowest BCUT2D eigenvalue weighted by atomic mass is 10.00. The number of halogens is 1. The van der Waals surface area contributed by atoms with E-state index in [-0.39, 0.29) is 11.5 Å². The standard InChI is InChI=1S/C16H15FN2O2/c1-21-14-6-2-4-11-5-3-9-19(15(11)14)16(20)12-7-8-18-10-13(12)17/h2,4,6-8,10H,3,5,9H2,1H3. The van der Waals surface area contributed by atoms with Crippen LogP contribution in [0.1, 0.15) is 22.3 Å². The van der Waals surface area contributed by atoms with Crippen molar-refractivity contribution in [2.24, 2.45) is 0 Å². The Labute approximate surface area is 122 Å². The third-order valence-corrected chi connectivity index (χ3v) is 3.65. The largest absolute Gasteiger partial charge is 0.495 e. The fourth-order valence-corrected chi connectivity index (χ4v) is 2.68. The van der Waals surface area contributed by atoms with Gasteiger partial charge in [-0.05, 0) is 30.5 Å². The first-order chi connectivity index (χ1) is 10.2. The molecule has 1 aromatic heterocycles. The number of benzene rings is 1. The molecule has 0 fully saturated rings. The molecule has 0 atom stereocenters. The van der Waals surface area contributed by atoms with Crippen LogP contribution in [0.15, 0.2) is 36.7 Å². The van der Waals surface area contributed by atoms with Crippen LogP contribution in [0.3, 0.4) is 0 Å². The molecule has 0 saturated heterocycles. The minimum absolute atomic E-state index is 0.0313. The number of fused-ring (bicyclic) bond motifs is 1. The van der Waals surface area contributed by atoms with E-state index in [0.29, 0.717) is 12.3 Å². The van der Waals surface area contributed by atoms with E-state index in [0.717, 1.165) is 30.3 Å². The summed E-state index contributed by atoms with van der Waals surface area (Å²) in [5, 5.41) is 0. The van der Waals surface area contributed by atoms with Gasteiger partial charge in [0.1, 0.15) is 5.75 Å². The van der Waals surface area contributed by atoms with Crippen molar-refractivity contribution in [2.75, 3.05) is 18.6 Å². The summed E-state index contributed by atoms with van der Waals surface area (Å²) in [4.78, 5) is 17.9. The van der Waals surface area contributed by atoms with Crippen LogP contribution in [0.2, 0.25) is 0 Å². The van der Waals surface area contributed by atoms with Crippen LogP contribution in [0.5, 0.6) is 5.75 Å². The number of aromatic nitrogens is 1. The number of pyridine rings is 1. The number of carbonyl (C=O) groups is 1. The summed E-state index contributed by atoms with van der Waals surface area (Å²) in [6, 6.07) is 7.09. The molecule has 108 valence electrons. The summed E-state index contributed by atoms with van der Waals surface area (Å²) in [5.41, 5.74) is 1.82. The number of anilines is 1. The van der Waals surface area contributed by atoms with E-state index in [4.69, 9.17) is 4.74 Å². The fraction of sp³-hybridized carbons (Fsp3) is 0.250. The number of amides is 1. The van der Waals surface area contributed by atoms with E-state index in [1.165, 1.54) is 12.3 Å². The van der Waals surface area contributed by atoms with Gasteiger partial charge in [0.15, 0.2) is 5.82 Å². The second-order valence-electron chi connectivity index (χ2n) is 4.88. The molecule has 1 aliphatic rings. The van der Waals surface area contributed by atoms with Gasteiger partial charge in [-0.15, -0.1) is 0 Å². The molecule has 0 unspecified atom stereocenters. The smallest absolute Gasteiger partial charge is 0.261 e. The summed E-state index contributed by atoms with van der Waals surface area (Å²) >= 11 is 0. The average molecular weight is 286 g/mol. The Morgan fingerprint density at radius 1 is 1.38 bits per heavy atom. The van der Waals surface area contributed by atoms with Crippen molar-refractivity contribution in [1.29, 1.82) is 0 Å². The fourth-order valence-electron chi connectivity index (χ4n) is 2.68. The molecule has 2 heterocycles. The van der Waals surface area contributed by atoms with E-state index in [2.05, 4.69) is 4.98 Å². The van der Waals surface area contributed by atoms with Crippen molar-refractivity contribution in [3.63, 3.8) is 0 Å². The Kier molecular flexibility index (Phi) is 3.56. The second kappa shape index (κ2) is 5.52. The Morgan fingerprint density at radius 3 is 3.00 bits per heavy atom. The number of hydrogen-bond acceptors (Lipinski definition) is 3. The highest BCUT2D eigenvalue weighted by atomic mass is 19.1. The van der Waals surface area contributed by atoms with Crippen LogP contribution in [0, 0.1) is 5.82 Å². The molecule has 21 heavy (non-hydrogen) atoms. The van der Waals surface area contributed by atoms with Crippen LogP contribution >= 0.6 is 0 Å². The predicted molar refractivity (Wildman–Crippen MR) is 77.2 cm³/mol. The molecule has 3 rings (SSSR count). The first kappa shape index (κ1) is 13.5. The van der Waals surface area contributed by atoms with Gasteiger partial charge >= 0.3 is 0 Å². The van der Waals surface area contributed by atoms with Gasteiger partial charge in [0.2, 0.25) is 0 Å². The Morgan fingerprint density at radius 2 is 2.24 bits per heavy atom. The molecular formula is C16H15FN2O2. The third-order valence-electron chi connectivity index (χ3n) is 3.65. The van der Waals surface area contributed by atoms with Gasteiger partial charge < -0.3 is 9.64 Å². The van der Waals surface area contributed by atoms with Gasteiger partial charge in [-0.2, -0.15) is 0 Å². The van der Waals surface area contributed by atoms with E-state index in [1.54, 1.807) is 12.0 Å². The highest BCUT2D eigenvalue weighted by Gasteiger charge is 2.28. The van der Waals surface area contributed by atoms with Gasteiger partial charge in [0, 0.05) is 12.7 Å². The van der Waals surface area contributed by atoms with Gasteiger partial charge in [-0.3, -0.25) is 9.78 Å². The maximum Gasteiger partial charge on any atom is 0.261 e. The number of rotatable bonds is 2. The first-order valence-electron chi connectivity index (χ1n) is 6.79. The first-order valence-corrected chi connectivity index (χ1v) is 6.79. The van der Waals surface area contributed by atoms with Crippen molar-refractivity contribution in [2.45, 2.75) is 12.8 Å². The van der Waals surface area contributed by atoms with Crippen molar-refractivity contribution in [3.05, 3.63) is 53.6 Å². The zero-order chi connectivity index (χ0) is 14.8. The van der Waals surface area contributed by atoms with Crippen LogP contribution in [0.25, 0.3) is 0 Å². The topological polar surface area (TPSA) is 42.4 Å². The highest BCUT2D eigenvalue weighted by Crippen LogP contribution is 2.37. The molecule has 2 aromatic rings. The number of para-hydroxylation sites is 1. The Bertz CT molecular complexity index is 673. The zero-order valence-corrected chi connectivity index (χ0v) is 11.7. The maximum atomic E-state index is 13.8. The highest BCUT2D eigenvalue weighted by molar-refractivity contribution is 6.07. The molecular weight excluding hydrogens is 271 g/mol. The molecule has 4 nitrogen and oxygen atoms in total. The SMILES string of the molecule is COc1cccc2c1N(C(=O)c1ccncc1F)CCC2. The zero-order valence-electron chi connectivity index (χ0n) is 11.7. The molecule has 1 amide bonds. The lowest BCUT2D eigenvalue weighted by Crippen LogP contribution is -2.36. The number of carbonyl (C=O) groups excluding carboxylic acids is 1. The van der Waals surface area contributed by atoms with Crippen LogP contribution in [0.4, 0.5) is 10.1 Å². The Hall–Kier alpha value is -2.43. The number of hydrogen-bond donors (Lipinski definition) is 0. The van der Waals surface area contributed by atoms with Crippen molar-refractivity contribution >= 4 is 11.6 Å². The van der Waals surface area contributed by atoms with Crippen molar-refractivity contribution < 1.29 is 13.9 Å². The van der Waals surface area contributed by atoms with Crippen molar-refractivity contribution in [3.8, 4) is 5.75 Å². The number of aryl methyl sites for hydroxylation is 1. The minimum Gasteiger partial charge on any atom is -0.495 e. The maximum absolute atomic E-state index is 13.8. The summed E-state index contributed by atoms with van der Waals surface area (Å²) in [6.45, 7) is 0.550. The van der Waals surface area contributed by atoms with Crippen LogP contribution < -0.4 is 9.64 Å². The van der Waals surface area contributed by atoms with Crippen LogP contribution in [-0.2, 0) is 6.42 Å². The van der Waals surface area contributed by atoms with E-state index in [9.17, 15) is 9.18 Å². The van der Waals surface area contributed by atoms with E-state index < -0.39 is 5.82 Å². The molecule has 1 aromatic carbocycles. The number of nitrogens with zero attached hydrogens (tertiary/aromatic N) is 2. The Balaban J connectivity index is 2.06. The molecule has 5 heteroatoms. The molecule has 0 aliphatic carbocycles. The monoisotopic (exact) mass is 286 g/mol. The van der Waals surface area contributed by atoms with Gasteiger partial charge in [-0.25, -0.2) is 4.39 Å². The minimum atomic E-state index is -0.607. The molecule has 0 radical (unpaired) electrons. The number of ether oxygens (including phenoxy) is 1. The lowest BCUT2D eigenvalue weighted by molar-refractivity contribution is 0.0980. The quantitative estimate of drug-likeness (QED) is 0.852. The van der Waals surface area contributed by atoms with Crippen LogP contribution in [-0.4, -0.2) is 24.5 Å². The average Bonchev–Trinajstić information content (AvgIpc) is 2.53. The second-order valence-corrected chi connectivity index (χ2v) is 4.88. The molecule has 1 aliphatic heterocycles. The molecule has 0 saturated carbocycles. The van der Waals surface area contributed by atoms with Gasteiger partial charge in [0.25, 0.3) is 5.91 Å². The molecule has 0 bridgehead atoms. The molecule has 0 N–H and O–H groups in total. The number of methoxy groups -OCH3 is 1. The van der Waals surface area contributed by atoms with E-state index >= 15 is 0 Å². The summed E-state index contributed by atoms with van der Waals surface area (Å²) in [6.07, 6.45) is 4.21. The molecule has 0 spiro atoms. The normalized spacial score (nSPS) is 13.7. The van der Waals surface area contributed by atoms with E-state index in [1.807, 2.05) is 18.2 Å². The van der Waals surface area contributed by atoms with Gasteiger partial charge in [0.05, 0.1) is 24.6 Å². The predicted octanol–water partition coefficient (Wildman–Crippen LogP) is 2.82. The van der Waals surface area contributed by atoms with Crippen molar-refractivity contribution in [1.82, 2.24) is 4.98 Å². The van der Waals surface area contributed by atoms with Gasteiger partial charge in [-0.1, -0.05) is 12.1 Å². The summed E-state index contributed by atoms with van der Waals surface area (Å²) in [7, 11) is 1.57. The third kappa shape index (κ3) is 2.35. The summed E-state index contributed by atoms with van der Waals surface area (Å²) < 4.78 is 19.2. The summed E-state index contributed by atoms with van der Waals surface area (Å²) in [5.74, 6) is -0.333.